The molecule has 0 saturated carbocycles. The molecule has 0 radical (unpaired) electrons. The standard InChI is InChI=1S/C26H40O6Si5/c1-28-37(29-33(2,3)4,26-22-16-11-17-23-26)32-35(7,8)31-36(30-34(5,6)27,24-18-12-9-13-19-24)25-20-14-10-15-21-25/h9-23,27H,1-8H3. The van der Waals surface area contributed by atoms with Crippen LogP contribution in [0.25, 0.3) is 0 Å². The molecule has 6 nitrogen and oxygen atoms in total. The van der Waals surface area contributed by atoms with Crippen molar-refractivity contribution in [1.29, 1.82) is 0 Å². The van der Waals surface area contributed by atoms with Crippen molar-refractivity contribution in [3.05, 3.63) is 91.0 Å². The van der Waals surface area contributed by atoms with Crippen LogP contribution in [0.4, 0.5) is 0 Å². The zero-order valence-corrected chi connectivity index (χ0v) is 28.1. The summed E-state index contributed by atoms with van der Waals surface area (Å²) < 4.78 is 33.8. The number of benzene rings is 3. The van der Waals surface area contributed by atoms with Crippen molar-refractivity contribution in [1.82, 2.24) is 0 Å². The van der Waals surface area contributed by atoms with Gasteiger partial charge in [0.25, 0.3) is 0 Å². The lowest BCUT2D eigenvalue weighted by atomic mass is 10.4. The first-order valence-electron chi connectivity index (χ1n) is 12.5. The quantitative estimate of drug-likeness (QED) is 0.322. The van der Waals surface area contributed by atoms with Crippen LogP contribution >= 0.6 is 0 Å². The molecule has 200 valence electrons. The zero-order chi connectivity index (χ0) is 27.4. The molecule has 0 aliphatic carbocycles. The minimum absolute atomic E-state index is 0.897. The zero-order valence-electron chi connectivity index (χ0n) is 23.1. The highest BCUT2D eigenvalue weighted by atomic mass is 28.5. The maximum atomic E-state index is 11.1. The van der Waals surface area contributed by atoms with Crippen LogP contribution in [0.2, 0.25) is 45.8 Å². The highest BCUT2D eigenvalue weighted by molar-refractivity contribution is 7.02. The second-order valence-corrected chi connectivity index (χ2v) is 28.5. The van der Waals surface area contributed by atoms with Crippen LogP contribution in [0.1, 0.15) is 0 Å². The molecule has 3 aromatic rings. The first-order valence-corrected chi connectivity index (χ1v) is 25.1. The summed E-state index contributed by atoms with van der Waals surface area (Å²) in [6.45, 7) is 13.9. The van der Waals surface area contributed by atoms with E-state index in [9.17, 15) is 4.80 Å². The lowest BCUT2D eigenvalue weighted by Crippen LogP contribution is -2.73. The SMILES string of the molecule is CO[Si](O[Si](C)(C)C)(O[Si](C)(C)O[Si](O[Si](C)(C)O)(c1ccccc1)c1ccccc1)c1ccccc1. The molecule has 1 N–H and O–H groups in total. The van der Waals surface area contributed by atoms with Crippen molar-refractivity contribution in [2.24, 2.45) is 0 Å². The number of hydrogen-bond donors (Lipinski definition) is 1. The Kier molecular flexibility index (Phi) is 9.51. The van der Waals surface area contributed by atoms with E-state index in [0.717, 1.165) is 15.6 Å². The Hall–Kier alpha value is -1.50. The molecule has 3 rings (SSSR count). The minimum Gasteiger partial charge on any atom is -0.413 e. The molecule has 0 aliphatic heterocycles. The van der Waals surface area contributed by atoms with E-state index in [2.05, 4.69) is 19.6 Å². The Balaban J connectivity index is 2.17. The van der Waals surface area contributed by atoms with Gasteiger partial charge >= 0.3 is 34.5 Å². The van der Waals surface area contributed by atoms with Gasteiger partial charge in [0, 0.05) is 12.3 Å². The van der Waals surface area contributed by atoms with Crippen molar-refractivity contribution < 1.29 is 25.7 Å². The molecule has 1 atom stereocenters. The monoisotopic (exact) mass is 588 g/mol. The molecule has 11 heteroatoms. The van der Waals surface area contributed by atoms with Crippen LogP contribution in [0.15, 0.2) is 91.0 Å². The van der Waals surface area contributed by atoms with Crippen LogP contribution in [0.5, 0.6) is 0 Å². The average molecular weight is 589 g/mol. The predicted molar refractivity (Wildman–Crippen MR) is 162 cm³/mol. The Bertz CT molecular complexity index is 1080. The lowest BCUT2D eigenvalue weighted by molar-refractivity contribution is 0.195. The summed E-state index contributed by atoms with van der Waals surface area (Å²) in [7, 11) is -13.4. The predicted octanol–water partition coefficient (Wildman–Crippen LogP) is 4.03. The van der Waals surface area contributed by atoms with E-state index in [-0.39, 0.29) is 0 Å². The second kappa shape index (κ2) is 11.7. The molecule has 1 unspecified atom stereocenters. The lowest BCUT2D eigenvalue weighted by Gasteiger charge is -2.44. The van der Waals surface area contributed by atoms with Crippen molar-refractivity contribution in [3.8, 4) is 0 Å². The molecule has 0 saturated heterocycles. The molecule has 0 bridgehead atoms. The smallest absolute Gasteiger partial charge is 0.413 e. The maximum Gasteiger partial charge on any atom is 0.517 e. The summed E-state index contributed by atoms with van der Waals surface area (Å²) >= 11 is 0. The van der Waals surface area contributed by atoms with Crippen LogP contribution in [0.3, 0.4) is 0 Å². The number of rotatable bonds is 12. The van der Waals surface area contributed by atoms with E-state index in [0.29, 0.717) is 0 Å². The van der Waals surface area contributed by atoms with Gasteiger partial charge in [0.15, 0.2) is 8.32 Å². The van der Waals surface area contributed by atoms with E-state index in [1.807, 2.05) is 104 Å². The molecular formula is C26H40O6Si5. The molecule has 0 aromatic heterocycles. The minimum atomic E-state index is -3.42. The van der Waals surface area contributed by atoms with Gasteiger partial charge in [-0.1, -0.05) is 91.0 Å². The van der Waals surface area contributed by atoms with Crippen LogP contribution in [0, 0.1) is 0 Å². The summed E-state index contributed by atoms with van der Waals surface area (Å²) in [5.41, 5.74) is 0. The Morgan fingerprint density at radius 3 is 1.27 bits per heavy atom. The average Bonchev–Trinajstić information content (AvgIpc) is 2.82. The third-order valence-corrected chi connectivity index (χ3v) is 21.9. The van der Waals surface area contributed by atoms with Crippen LogP contribution < -0.4 is 15.6 Å². The van der Waals surface area contributed by atoms with Gasteiger partial charge in [-0.2, -0.15) is 0 Å². The first-order chi connectivity index (χ1) is 17.2. The van der Waals surface area contributed by atoms with E-state index >= 15 is 0 Å². The van der Waals surface area contributed by atoms with Gasteiger partial charge in [-0.05, 0) is 56.2 Å². The second-order valence-electron chi connectivity index (χ2n) is 10.8. The van der Waals surface area contributed by atoms with Gasteiger partial charge in [-0.3, -0.25) is 0 Å². The first kappa shape index (κ1) is 30.1. The van der Waals surface area contributed by atoms with Crippen LogP contribution in [-0.2, 0) is 20.9 Å². The third kappa shape index (κ3) is 8.00. The maximum absolute atomic E-state index is 11.1. The van der Waals surface area contributed by atoms with E-state index in [4.69, 9.17) is 20.9 Å². The van der Waals surface area contributed by atoms with Gasteiger partial charge in [0.1, 0.15) is 0 Å². The van der Waals surface area contributed by atoms with Crippen LogP contribution in [-0.4, -0.2) is 54.7 Å². The van der Waals surface area contributed by atoms with E-state index in [1.165, 1.54) is 0 Å². The fourth-order valence-corrected chi connectivity index (χ4v) is 23.1. The summed E-state index contributed by atoms with van der Waals surface area (Å²) in [5.74, 6) is 0. The number of hydrogen-bond acceptors (Lipinski definition) is 6. The molecule has 37 heavy (non-hydrogen) atoms. The van der Waals surface area contributed by atoms with Gasteiger partial charge in [0.2, 0.25) is 0 Å². The van der Waals surface area contributed by atoms with Gasteiger partial charge < -0.3 is 25.7 Å². The molecule has 0 fully saturated rings. The van der Waals surface area contributed by atoms with Gasteiger partial charge in [-0.15, -0.1) is 0 Å². The molecule has 0 spiro atoms. The normalized spacial score (nSPS) is 14.8. The molecule has 0 heterocycles. The van der Waals surface area contributed by atoms with Crippen molar-refractivity contribution in [2.45, 2.75) is 45.8 Å². The van der Waals surface area contributed by atoms with E-state index in [1.54, 1.807) is 20.2 Å². The van der Waals surface area contributed by atoms with Crippen molar-refractivity contribution in [2.75, 3.05) is 7.11 Å². The third-order valence-electron chi connectivity index (χ3n) is 5.31. The Labute approximate surface area is 227 Å². The van der Waals surface area contributed by atoms with Crippen molar-refractivity contribution >= 4 is 58.4 Å². The Morgan fingerprint density at radius 2 is 0.919 bits per heavy atom. The molecular weight excluding hydrogens is 549 g/mol. The highest BCUT2D eigenvalue weighted by Crippen LogP contribution is 2.26. The summed E-state index contributed by atoms with van der Waals surface area (Å²) in [6.07, 6.45) is 0. The van der Waals surface area contributed by atoms with E-state index < -0.39 is 42.8 Å². The van der Waals surface area contributed by atoms with Gasteiger partial charge in [0.05, 0.1) is 0 Å². The summed E-state index contributed by atoms with van der Waals surface area (Å²) in [4.78, 5) is 11.1. The molecule has 0 aliphatic rings. The highest BCUT2D eigenvalue weighted by Gasteiger charge is 2.56. The Morgan fingerprint density at radius 1 is 0.514 bits per heavy atom. The molecule has 3 aromatic carbocycles. The fraction of sp³-hybridized carbons (Fsp3) is 0.308. The largest absolute Gasteiger partial charge is 0.517 e. The summed E-state index contributed by atoms with van der Waals surface area (Å²) in [6, 6.07) is 29.8. The fourth-order valence-electron chi connectivity index (χ4n) is 4.17. The topological polar surface area (TPSA) is 66.4 Å². The van der Waals surface area contributed by atoms with Crippen molar-refractivity contribution in [3.63, 3.8) is 0 Å². The van der Waals surface area contributed by atoms with Gasteiger partial charge in [-0.25, -0.2) is 0 Å². The summed E-state index contributed by atoms with van der Waals surface area (Å²) in [5, 5.41) is 2.72. The molecule has 0 amide bonds.